The molecule has 5 nitrogen and oxygen atoms in total. The van der Waals surface area contributed by atoms with Gasteiger partial charge in [0.25, 0.3) is 0 Å². The van der Waals surface area contributed by atoms with Crippen molar-refractivity contribution < 1.29 is 9.53 Å². The third-order valence-corrected chi connectivity index (χ3v) is 4.92. The highest BCUT2D eigenvalue weighted by atomic mass is 32.2. The molecule has 19 heavy (non-hydrogen) atoms. The van der Waals surface area contributed by atoms with Crippen LogP contribution in [0.15, 0.2) is 21.6 Å². The number of carbonyl (C=O) groups excluding carboxylic acids is 1. The van der Waals surface area contributed by atoms with Crippen LogP contribution in [0, 0.1) is 0 Å². The largest absolute Gasteiger partial charge is 0.486 e. The van der Waals surface area contributed by atoms with Gasteiger partial charge in [-0.15, -0.1) is 11.3 Å². The number of hydrogen-bond donors (Lipinski definition) is 1. The van der Waals surface area contributed by atoms with E-state index in [0.29, 0.717) is 19.0 Å². The molecule has 1 aromatic heterocycles. The van der Waals surface area contributed by atoms with Crippen molar-refractivity contribution >= 4 is 29.0 Å². The fourth-order valence-corrected chi connectivity index (χ4v) is 3.90. The topological polar surface area (TPSA) is 54.5 Å². The van der Waals surface area contributed by atoms with E-state index in [4.69, 9.17) is 4.74 Å². The lowest BCUT2D eigenvalue weighted by Gasteiger charge is -2.24. The predicted octanol–water partition coefficient (Wildman–Crippen LogP) is 1.40. The fraction of sp³-hybridized carbons (Fsp3) is 0.500. The minimum Gasteiger partial charge on any atom is -0.486 e. The van der Waals surface area contributed by atoms with Crippen molar-refractivity contribution in [2.45, 2.75) is 19.0 Å². The van der Waals surface area contributed by atoms with E-state index in [-0.39, 0.29) is 11.9 Å². The molecular weight excluding hydrogens is 282 g/mol. The third kappa shape index (κ3) is 2.50. The number of aromatic nitrogens is 1. The molecule has 1 amide bonds. The van der Waals surface area contributed by atoms with Gasteiger partial charge in [-0.25, -0.2) is 4.98 Å². The lowest BCUT2D eigenvalue weighted by atomic mass is 10.2. The van der Waals surface area contributed by atoms with Crippen LogP contribution in [0.2, 0.25) is 0 Å². The van der Waals surface area contributed by atoms with Crippen LogP contribution in [0.25, 0.3) is 0 Å². The van der Waals surface area contributed by atoms with Crippen molar-refractivity contribution in [3.05, 3.63) is 27.2 Å². The van der Waals surface area contributed by atoms with Crippen molar-refractivity contribution in [3.63, 3.8) is 0 Å². The molecule has 1 unspecified atom stereocenters. The van der Waals surface area contributed by atoms with E-state index in [1.54, 1.807) is 28.6 Å². The summed E-state index contributed by atoms with van der Waals surface area (Å²) >= 11 is 3.17. The van der Waals surface area contributed by atoms with E-state index < -0.39 is 0 Å². The summed E-state index contributed by atoms with van der Waals surface area (Å²) < 4.78 is 5.61. The van der Waals surface area contributed by atoms with Gasteiger partial charge in [0.1, 0.15) is 17.7 Å². The first-order valence-corrected chi connectivity index (χ1v) is 8.04. The normalized spacial score (nSPS) is 23.3. The fourth-order valence-electron chi connectivity index (χ4n) is 2.32. The highest BCUT2D eigenvalue weighted by molar-refractivity contribution is 8.03. The van der Waals surface area contributed by atoms with Crippen LogP contribution in [-0.4, -0.2) is 41.4 Å². The number of thioether (sulfide) groups is 1. The minimum absolute atomic E-state index is 0.110. The molecule has 0 spiro atoms. The van der Waals surface area contributed by atoms with Crippen LogP contribution < -0.4 is 5.32 Å². The number of amides is 1. The smallest absolute Gasteiger partial charge is 0.245 e. The molecule has 0 saturated carbocycles. The Bertz CT molecular complexity index is 501. The Morgan fingerprint density at radius 1 is 1.63 bits per heavy atom. The van der Waals surface area contributed by atoms with Crippen LogP contribution in [-0.2, 0) is 16.1 Å². The number of rotatable bonds is 3. The van der Waals surface area contributed by atoms with E-state index in [2.05, 4.69) is 10.3 Å². The first-order chi connectivity index (χ1) is 9.29. The van der Waals surface area contributed by atoms with Crippen LogP contribution in [0.5, 0.6) is 0 Å². The maximum Gasteiger partial charge on any atom is 0.245 e. The standard InChI is InChI=1S/C12H15N3O2S2/c1-13-10-11-9(17-7-19-11)2-3-15(12(10)16)4-8-5-18-6-14-8/h5-6,10,13H,2-4,7H2,1H3. The summed E-state index contributed by atoms with van der Waals surface area (Å²) in [5.41, 5.74) is 2.74. The molecule has 0 bridgehead atoms. The summed E-state index contributed by atoms with van der Waals surface area (Å²) in [5, 5.41) is 5.09. The van der Waals surface area contributed by atoms with Gasteiger partial charge in [-0.05, 0) is 7.05 Å². The quantitative estimate of drug-likeness (QED) is 0.914. The summed E-state index contributed by atoms with van der Waals surface area (Å²) in [5.74, 6) is 1.71. The van der Waals surface area contributed by atoms with Crippen LogP contribution in [0.3, 0.4) is 0 Å². The molecule has 0 aliphatic carbocycles. The molecule has 0 fully saturated rings. The number of ether oxygens (including phenoxy) is 1. The summed E-state index contributed by atoms with van der Waals surface area (Å²) in [7, 11) is 1.82. The van der Waals surface area contributed by atoms with Crippen LogP contribution in [0.4, 0.5) is 0 Å². The highest BCUT2D eigenvalue weighted by Crippen LogP contribution is 2.36. The van der Waals surface area contributed by atoms with Gasteiger partial charge in [0.05, 0.1) is 22.7 Å². The second-order valence-electron chi connectivity index (χ2n) is 4.41. The van der Waals surface area contributed by atoms with Crippen LogP contribution >= 0.6 is 23.1 Å². The van der Waals surface area contributed by atoms with Gasteiger partial charge in [-0.2, -0.15) is 0 Å². The second kappa shape index (κ2) is 5.52. The minimum atomic E-state index is -0.274. The van der Waals surface area contributed by atoms with Crippen molar-refractivity contribution in [3.8, 4) is 0 Å². The molecule has 0 aromatic carbocycles. The molecule has 3 rings (SSSR count). The van der Waals surface area contributed by atoms with Gasteiger partial charge < -0.3 is 15.0 Å². The SMILES string of the molecule is CNC1C(=O)N(Cc2cscn2)CCC2=C1SCO2. The van der Waals surface area contributed by atoms with Gasteiger partial charge in [0.15, 0.2) is 0 Å². The molecule has 1 atom stereocenters. The van der Waals surface area contributed by atoms with Gasteiger partial charge in [0.2, 0.25) is 5.91 Å². The molecule has 102 valence electrons. The first-order valence-electron chi connectivity index (χ1n) is 6.11. The molecule has 2 aliphatic rings. The number of hydrogen-bond acceptors (Lipinski definition) is 6. The molecule has 1 N–H and O–H groups in total. The Morgan fingerprint density at radius 3 is 3.26 bits per heavy atom. The average molecular weight is 297 g/mol. The van der Waals surface area contributed by atoms with Crippen molar-refractivity contribution in [1.82, 2.24) is 15.2 Å². The zero-order chi connectivity index (χ0) is 13.2. The molecule has 7 heteroatoms. The van der Waals surface area contributed by atoms with Crippen molar-refractivity contribution in [1.29, 1.82) is 0 Å². The van der Waals surface area contributed by atoms with Gasteiger partial charge in [-0.3, -0.25) is 4.79 Å². The number of carbonyl (C=O) groups is 1. The number of thiazole rings is 1. The van der Waals surface area contributed by atoms with E-state index >= 15 is 0 Å². The van der Waals surface area contributed by atoms with Gasteiger partial charge in [-0.1, -0.05) is 11.8 Å². The molecular formula is C12H15N3O2S2. The summed E-state index contributed by atoms with van der Waals surface area (Å²) in [4.78, 5) is 19.7. The summed E-state index contributed by atoms with van der Waals surface area (Å²) in [6.07, 6.45) is 0.788. The van der Waals surface area contributed by atoms with Gasteiger partial charge in [0, 0.05) is 18.3 Å². The number of nitrogens with zero attached hydrogens (tertiary/aromatic N) is 2. The lowest BCUT2D eigenvalue weighted by molar-refractivity contribution is -0.132. The molecule has 0 radical (unpaired) electrons. The third-order valence-electron chi connectivity index (χ3n) is 3.28. The molecule has 2 aliphatic heterocycles. The molecule has 1 aromatic rings. The Morgan fingerprint density at radius 2 is 2.53 bits per heavy atom. The summed E-state index contributed by atoms with van der Waals surface area (Å²) in [6, 6.07) is -0.274. The van der Waals surface area contributed by atoms with E-state index in [1.807, 2.05) is 17.3 Å². The van der Waals surface area contributed by atoms with Crippen molar-refractivity contribution in [2.75, 3.05) is 19.5 Å². The summed E-state index contributed by atoms with van der Waals surface area (Å²) in [6.45, 7) is 1.26. The Balaban J connectivity index is 1.80. The van der Waals surface area contributed by atoms with Crippen molar-refractivity contribution in [2.24, 2.45) is 0 Å². The first kappa shape index (κ1) is 13.0. The zero-order valence-corrected chi connectivity index (χ0v) is 12.2. The molecule has 0 saturated heterocycles. The Hall–Kier alpha value is -1.05. The zero-order valence-electron chi connectivity index (χ0n) is 10.6. The molecule has 3 heterocycles. The maximum absolute atomic E-state index is 12.6. The lowest BCUT2D eigenvalue weighted by Crippen LogP contribution is -2.44. The van der Waals surface area contributed by atoms with E-state index in [1.165, 1.54) is 0 Å². The monoisotopic (exact) mass is 297 g/mol. The number of nitrogens with one attached hydrogen (secondary N) is 1. The maximum atomic E-state index is 12.6. The second-order valence-corrected chi connectivity index (χ2v) is 6.09. The van der Waals surface area contributed by atoms with Crippen LogP contribution in [0.1, 0.15) is 12.1 Å². The van der Waals surface area contributed by atoms with E-state index in [0.717, 1.165) is 22.8 Å². The van der Waals surface area contributed by atoms with Gasteiger partial charge >= 0.3 is 0 Å². The Labute approximate surface area is 120 Å². The Kier molecular flexibility index (Phi) is 3.76. The average Bonchev–Trinajstić information content (AvgIpc) is 3.04. The van der Waals surface area contributed by atoms with E-state index in [9.17, 15) is 4.79 Å². The highest BCUT2D eigenvalue weighted by Gasteiger charge is 2.35. The number of likely N-dealkylation sites (N-methyl/N-ethyl adjacent to an activating group) is 1. The predicted molar refractivity (Wildman–Crippen MR) is 75.6 cm³/mol.